The first-order valence-electron chi connectivity index (χ1n) is 15.0. The summed E-state index contributed by atoms with van der Waals surface area (Å²) in [5, 5.41) is 0. The van der Waals surface area contributed by atoms with E-state index >= 15 is 0 Å². The van der Waals surface area contributed by atoms with Crippen molar-refractivity contribution in [2.75, 3.05) is 7.11 Å². The van der Waals surface area contributed by atoms with Gasteiger partial charge in [-0.15, -0.1) is 0 Å². The largest absolute Gasteiger partial charge is 0.469 e. The van der Waals surface area contributed by atoms with Gasteiger partial charge in [-0.05, 0) is 104 Å². The SMILES string of the molecule is COC(=O)[C@@]12CC=C3[C@]4(C)CC[C@H]5C(C)(C)[C@@H](OC(C)=O)CC[C@]5(C)[C@H]4CC[C@@]3(C)[C@@H]1CC(C)(C)CC2. The molecular formula is C33H52O4. The lowest BCUT2D eigenvalue weighted by molar-refractivity contribution is -0.201. The number of methoxy groups -OCH3 is 1. The maximum atomic E-state index is 13.4. The first-order chi connectivity index (χ1) is 17.1. The second kappa shape index (κ2) is 8.34. The van der Waals surface area contributed by atoms with Crippen LogP contribution < -0.4 is 0 Å². The summed E-state index contributed by atoms with van der Waals surface area (Å²) in [5.74, 6) is 1.40. The van der Waals surface area contributed by atoms with E-state index in [0.29, 0.717) is 17.8 Å². The number of fused-ring (bicyclic) bond motifs is 7. The van der Waals surface area contributed by atoms with Gasteiger partial charge in [-0.3, -0.25) is 9.59 Å². The molecule has 4 heteroatoms. The van der Waals surface area contributed by atoms with Crippen LogP contribution in [0.25, 0.3) is 0 Å². The summed E-state index contributed by atoms with van der Waals surface area (Å²) in [4.78, 5) is 25.3. The topological polar surface area (TPSA) is 52.6 Å². The Morgan fingerprint density at radius 3 is 2.05 bits per heavy atom. The van der Waals surface area contributed by atoms with Crippen LogP contribution in [0, 0.1) is 50.2 Å². The lowest BCUT2D eigenvalue weighted by Crippen LogP contribution is -2.64. The summed E-state index contributed by atoms with van der Waals surface area (Å²) in [5.41, 5.74) is 1.98. The molecule has 4 fully saturated rings. The van der Waals surface area contributed by atoms with E-state index in [0.717, 1.165) is 44.9 Å². The van der Waals surface area contributed by atoms with Crippen LogP contribution in [0.4, 0.5) is 0 Å². The van der Waals surface area contributed by atoms with Gasteiger partial charge in [-0.1, -0.05) is 60.1 Å². The molecule has 0 aromatic carbocycles. The summed E-state index contributed by atoms with van der Waals surface area (Å²) in [6.45, 7) is 18.7. The minimum Gasteiger partial charge on any atom is -0.469 e. The summed E-state index contributed by atoms with van der Waals surface area (Å²) < 4.78 is 11.4. The number of rotatable bonds is 2. The number of hydrogen-bond donors (Lipinski definition) is 0. The molecule has 5 aliphatic carbocycles. The number of allylic oxidation sites excluding steroid dienone is 2. The Hall–Kier alpha value is -1.32. The first kappa shape index (κ1) is 27.3. The number of carbonyl (C=O) groups excluding carboxylic acids is 2. The lowest BCUT2D eigenvalue weighted by atomic mass is 9.34. The van der Waals surface area contributed by atoms with Crippen molar-refractivity contribution >= 4 is 11.9 Å². The Kier molecular flexibility index (Phi) is 6.14. The monoisotopic (exact) mass is 512 g/mol. The fraction of sp³-hybridized carbons (Fsp3) is 0.879. The van der Waals surface area contributed by atoms with Crippen LogP contribution in [0.2, 0.25) is 0 Å². The van der Waals surface area contributed by atoms with Gasteiger partial charge in [0.15, 0.2) is 0 Å². The fourth-order valence-corrected chi connectivity index (χ4v) is 11.4. The molecule has 0 radical (unpaired) electrons. The van der Waals surface area contributed by atoms with E-state index in [2.05, 4.69) is 54.5 Å². The molecule has 4 saturated carbocycles. The molecule has 8 atom stereocenters. The van der Waals surface area contributed by atoms with E-state index in [1.54, 1.807) is 19.6 Å². The van der Waals surface area contributed by atoms with Crippen LogP contribution in [-0.4, -0.2) is 25.2 Å². The fourth-order valence-electron chi connectivity index (χ4n) is 11.4. The van der Waals surface area contributed by atoms with Crippen LogP contribution in [0.15, 0.2) is 11.6 Å². The second-order valence-corrected chi connectivity index (χ2v) is 15.9. The van der Waals surface area contributed by atoms with Crippen molar-refractivity contribution < 1.29 is 19.1 Å². The predicted octanol–water partition coefficient (Wildman–Crippen LogP) is 7.89. The zero-order chi connectivity index (χ0) is 27.2. The van der Waals surface area contributed by atoms with Crippen LogP contribution >= 0.6 is 0 Å². The zero-order valence-corrected chi connectivity index (χ0v) is 25.1. The summed E-state index contributed by atoms with van der Waals surface area (Å²) in [7, 11) is 1.59. The maximum absolute atomic E-state index is 13.4. The molecule has 0 bridgehead atoms. The second-order valence-electron chi connectivity index (χ2n) is 15.9. The van der Waals surface area contributed by atoms with Crippen LogP contribution in [-0.2, 0) is 19.1 Å². The Bertz CT molecular complexity index is 1010. The molecule has 0 aromatic rings. The van der Waals surface area contributed by atoms with Gasteiger partial charge in [0, 0.05) is 12.3 Å². The average molecular weight is 513 g/mol. The van der Waals surface area contributed by atoms with Crippen molar-refractivity contribution in [1.29, 1.82) is 0 Å². The van der Waals surface area contributed by atoms with Gasteiger partial charge in [-0.2, -0.15) is 0 Å². The summed E-state index contributed by atoms with van der Waals surface area (Å²) in [6, 6.07) is 0. The Balaban J connectivity index is 1.54. The van der Waals surface area contributed by atoms with E-state index in [-0.39, 0.29) is 50.5 Å². The normalized spacial score (nSPS) is 47.8. The highest BCUT2D eigenvalue weighted by atomic mass is 16.5. The van der Waals surface area contributed by atoms with E-state index < -0.39 is 0 Å². The molecule has 37 heavy (non-hydrogen) atoms. The van der Waals surface area contributed by atoms with Crippen molar-refractivity contribution in [2.24, 2.45) is 50.2 Å². The van der Waals surface area contributed by atoms with Crippen LogP contribution in [0.1, 0.15) is 120 Å². The molecule has 0 heterocycles. The van der Waals surface area contributed by atoms with Gasteiger partial charge >= 0.3 is 11.9 Å². The van der Waals surface area contributed by atoms with Gasteiger partial charge in [-0.25, -0.2) is 0 Å². The average Bonchev–Trinajstić information content (AvgIpc) is 2.80. The van der Waals surface area contributed by atoms with Crippen molar-refractivity contribution in [1.82, 2.24) is 0 Å². The first-order valence-corrected chi connectivity index (χ1v) is 15.0. The van der Waals surface area contributed by atoms with Crippen molar-refractivity contribution in [3.8, 4) is 0 Å². The lowest BCUT2D eigenvalue weighted by Gasteiger charge is -2.70. The highest BCUT2D eigenvalue weighted by Gasteiger charge is 2.68. The molecule has 0 amide bonds. The standard InChI is InChI=1S/C33H52O4/c1-21(34)37-26-13-16-30(6)22(29(26,4)5)10-14-31(7)23(30)11-15-32(8)24(31)12-17-33(27(35)36-9)19-18-28(2,3)20-25(32)33/h12,22-23,25-26H,10-11,13-20H2,1-9H3/t22-,23+,25-,26-,30-,31+,32+,33+/m0/s1. The third-order valence-corrected chi connectivity index (χ3v) is 13.2. The van der Waals surface area contributed by atoms with Crippen molar-refractivity contribution in [2.45, 2.75) is 126 Å². The highest BCUT2D eigenvalue weighted by Crippen LogP contribution is 2.75. The van der Waals surface area contributed by atoms with Gasteiger partial charge < -0.3 is 9.47 Å². The molecule has 0 unspecified atom stereocenters. The Labute approximate surface area is 225 Å². The van der Waals surface area contributed by atoms with E-state index in [1.807, 2.05) is 0 Å². The molecule has 0 N–H and O–H groups in total. The smallest absolute Gasteiger partial charge is 0.312 e. The van der Waals surface area contributed by atoms with Gasteiger partial charge in [0.2, 0.25) is 0 Å². The molecule has 0 aromatic heterocycles. The highest BCUT2D eigenvalue weighted by molar-refractivity contribution is 5.78. The quantitative estimate of drug-likeness (QED) is 0.279. The molecule has 0 aliphatic heterocycles. The zero-order valence-electron chi connectivity index (χ0n) is 25.1. The third-order valence-electron chi connectivity index (χ3n) is 13.2. The molecular weight excluding hydrogens is 460 g/mol. The van der Waals surface area contributed by atoms with E-state index in [1.165, 1.54) is 19.3 Å². The van der Waals surface area contributed by atoms with E-state index in [9.17, 15) is 9.59 Å². The Morgan fingerprint density at radius 1 is 0.811 bits per heavy atom. The van der Waals surface area contributed by atoms with Crippen LogP contribution in [0.5, 0.6) is 0 Å². The number of esters is 2. The van der Waals surface area contributed by atoms with E-state index in [4.69, 9.17) is 9.47 Å². The third kappa shape index (κ3) is 3.65. The van der Waals surface area contributed by atoms with Crippen molar-refractivity contribution in [3.05, 3.63) is 11.6 Å². The molecule has 4 nitrogen and oxygen atoms in total. The predicted molar refractivity (Wildman–Crippen MR) is 147 cm³/mol. The number of carbonyl (C=O) groups is 2. The maximum Gasteiger partial charge on any atom is 0.312 e. The van der Waals surface area contributed by atoms with Gasteiger partial charge in [0.25, 0.3) is 0 Å². The molecule has 5 aliphatic rings. The number of ether oxygens (including phenoxy) is 2. The minimum atomic E-state index is -0.364. The molecule has 0 saturated heterocycles. The van der Waals surface area contributed by atoms with Crippen LogP contribution in [0.3, 0.4) is 0 Å². The molecule has 0 spiro atoms. The summed E-state index contributed by atoms with van der Waals surface area (Å²) >= 11 is 0. The number of hydrogen-bond acceptors (Lipinski definition) is 4. The van der Waals surface area contributed by atoms with Gasteiger partial charge in [0.1, 0.15) is 6.10 Å². The van der Waals surface area contributed by atoms with Crippen molar-refractivity contribution in [3.63, 3.8) is 0 Å². The summed E-state index contributed by atoms with van der Waals surface area (Å²) in [6.07, 6.45) is 13.4. The minimum absolute atomic E-state index is 0.0142. The Morgan fingerprint density at radius 2 is 1.43 bits per heavy atom. The molecule has 208 valence electrons. The van der Waals surface area contributed by atoms with Gasteiger partial charge in [0.05, 0.1) is 12.5 Å². The molecule has 5 rings (SSSR count).